The van der Waals surface area contributed by atoms with E-state index < -0.39 is 41.5 Å². The fraction of sp³-hybridized carbons (Fsp3) is 0.364. The first kappa shape index (κ1) is 15.2. The van der Waals surface area contributed by atoms with Gasteiger partial charge in [0, 0.05) is 18.3 Å². The zero-order valence-corrected chi connectivity index (χ0v) is 9.89. The summed E-state index contributed by atoms with van der Waals surface area (Å²) in [6.45, 7) is -0.392. The van der Waals surface area contributed by atoms with E-state index in [1.807, 2.05) is 0 Å². The van der Waals surface area contributed by atoms with Crippen LogP contribution in [-0.4, -0.2) is 30.1 Å². The van der Waals surface area contributed by atoms with Crippen molar-refractivity contribution in [3.8, 4) is 0 Å². The van der Waals surface area contributed by atoms with Crippen LogP contribution >= 0.6 is 0 Å². The van der Waals surface area contributed by atoms with Gasteiger partial charge in [-0.25, -0.2) is 8.78 Å². The van der Waals surface area contributed by atoms with Crippen molar-refractivity contribution in [2.75, 3.05) is 18.8 Å². The number of carbonyl (C=O) groups is 1. The van der Waals surface area contributed by atoms with E-state index in [1.165, 1.54) is 6.92 Å². The lowest BCUT2D eigenvalue weighted by molar-refractivity contribution is -0.140. The molecule has 0 radical (unpaired) electrons. The number of rotatable bonds is 3. The minimum Gasteiger partial charge on any atom is -0.398 e. The molecule has 0 aliphatic rings. The summed E-state index contributed by atoms with van der Waals surface area (Å²) in [5.41, 5.74) is 4.40. The third kappa shape index (κ3) is 3.80. The van der Waals surface area contributed by atoms with Gasteiger partial charge in [0.1, 0.15) is 6.54 Å². The van der Waals surface area contributed by atoms with Gasteiger partial charge in [-0.05, 0) is 13.0 Å². The first-order valence-corrected chi connectivity index (χ1v) is 5.26. The van der Waals surface area contributed by atoms with Crippen molar-refractivity contribution in [1.29, 1.82) is 0 Å². The summed E-state index contributed by atoms with van der Waals surface area (Å²) < 4.78 is 62.6. The highest BCUT2D eigenvalue weighted by Crippen LogP contribution is 2.22. The molecule has 106 valence electrons. The number of carbonyl (C=O) groups excluding carboxylic acids is 1. The molecule has 0 aromatic heterocycles. The zero-order valence-electron chi connectivity index (χ0n) is 9.89. The molecule has 3 nitrogen and oxygen atoms in total. The largest absolute Gasteiger partial charge is 0.406 e. The number of hydrogen-bond acceptors (Lipinski definition) is 2. The highest BCUT2D eigenvalue weighted by Gasteiger charge is 2.33. The molecule has 19 heavy (non-hydrogen) atoms. The second-order valence-corrected chi connectivity index (χ2v) is 3.79. The molecule has 0 aliphatic heterocycles. The van der Waals surface area contributed by atoms with Crippen LogP contribution in [0.25, 0.3) is 0 Å². The molecular formula is C11H11F5N2O. The van der Waals surface area contributed by atoms with Crippen LogP contribution in [0, 0.1) is 11.6 Å². The first-order valence-electron chi connectivity index (χ1n) is 5.26. The molecule has 0 spiro atoms. The van der Waals surface area contributed by atoms with Crippen molar-refractivity contribution >= 4 is 11.6 Å². The highest BCUT2D eigenvalue weighted by molar-refractivity contribution is 5.99. The maximum absolute atomic E-state index is 13.0. The van der Waals surface area contributed by atoms with Gasteiger partial charge in [0.2, 0.25) is 0 Å². The number of hydrogen-bond donors (Lipinski definition) is 1. The monoisotopic (exact) mass is 282 g/mol. The predicted molar refractivity (Wildman–Crippen MR) is 58.4 cm³/mol. The van der Waals surface area contributed by atoms with E-state index in [0.717, 1.165) is 0 Å². The fourth-order valence-electron chi connectivity index (χ4n) is 1.46. The predicted octanol–water partition coefficient (Wildman–Crippen LogP) is 2.57. The number of nitrogens with two attached hydrogens (primary N) is 1. The summed E-state index contributed by atoms with van der Waals surface area (Å²) in [6.07, 6.45) is -4.58. The topological polar surface area (TPSA) is 46.3 Å². The Morgan fingerprint density at radius 3 is 2.26 bits per heavy atom. The Balaban J connectivity index is 3.08. The van der Waals surface area contributed by atoms with Crippen LogP contribution in [-0.2, 0) is 0 Å². The SMILES string of the molecule is CCN(CC(F)(F)F)C(=O)c1cc(F)c(F)cc1N. The van der Waals surface area contributed by atoms with Gasteiger partial charge < -0.3 is 10.6 Å². The quantitative estimate of drug-likeness (QED) is 0.684. The van der Waals surface area contributed by atoms with E-state index in [0.29, 0.717) is 17.0 Å². The Hall–Kier alpha value is -1.86. The van der Waals surface area contributed by atoms with E-state index in [2.05, 4.69) is 0 Å². The Morgan fingerprint density at radius 2 is 1.79 bits per heavy atom. The lowest BCUT2D eigenvalue weighted by Crippen LogP contribution is -2.39. The van der Waals surface area contributed by atoms with Crippen molar-refractivity contribution in [2.45, 2.75) is 13.1 Å². The molecule has 2 N–H and O–H groups in total. The van der Waals surface area contributed by atoms with E-state index >= 15 is 0 Å². The number of anilines is 1. The molecule has 0 heterocycles. The average Bonchev–Trinajstić information content (AvgIpc) is 2.28. The number of alkyl halides is 3. The normalized spacial score (nSPS) is 11.5. The van der Waals surface area contributed by atoms with Gasteiger partial charge in [-0.15, -0.1) is 0 Å². The molecule has 0 atom stereocenters. The maximum atomic E-state index is 13.0. The van der Waals surface area contributed by atoms with E-state index in [9.17, 15) is 26.7 Å². The van der Waals surface area contributed by atoms with Gasteiger partial charge in [-0.2, -0.15) is 13.2 Å². The molecule has 0 fully saturated rings. The summed E-state index contributed by atoms with van der Waals surface area (Å²) in [6, 6.07) is 1.05. The molecule has 0 unspecified atom stereocenters. The number of halogens is 5. The fourth-order valence-corrected chi connectivity index (χ4v) is 1.46. The van der Waals surface area contributed by atoms with Crippen LogP contribution in [0.15, 0.2) is 12.1 Å². The second kappa shape index (κ2) is 5.41. The molecule has 0 aliphatic carbocycles. The summed E-state index contributed by atoms with van der Waals surface area (Å²) in [5, 5.41) is 0. The molecule has 0 bridgehead atoms. The van der Waals surface area contributed by atoms with E-state index in [-0.39, 0.29) is 6.54 Å². The molecule has 1 aromatic carbocycles. The van der Waals surface area contributed by atoms with Crippen LogP contribution < -0.4 is 5.73 Å². The minimum absolute atomic E-state index is 0.239. The lowest BCUT2D eigenvalue weighted by atomic mass is 10.1. The third-order valence-electron chi connectivity index (χ3n) is 2.36. The highest BCUT2D eigenvalue weighted by atomic mass is 19.4. The second-order valence-electron chi connectivity index (χ2n) is 3.79. The smallest absolute Gasteiger partial charge is 0.398 e. The average molecular weight is 282 g/mol. The van der Waals surface area contributed by atoms with Gasteiger partial charge in [-0.1, -0.05) is 0 Å². The molecule has 1 amide bonds. The number of benzene rings is 1. The summed E-state index contributed by atoms with van der Waals surface area (Å²) >= 11 is 0. The Kier molecular flexibility index (Phi) is 4.33. The Labute approximate surface area is 105 Å². The van der Waals surface area contributed by atoms with Gasteiger partial charge in [0.15, 0.2) is 11.6 Å². The molecule has 0 saturated carbocycles. The van der Waals surface area contributed by atoms with E-state index in [1.54, 1.807) is 0 Å². The van der Waals surface area contributed by atoms with Crippen molar-refractivity contribution in [1.82, 2.24) is 4.90 Å². The van der Waals surface area contributed by atoms with Gasteiger partial charge in [0.05, 0.1) is 5.56 Å². The number of nitrogen functional groups attached to an aromatic ring is 1. The van der Waals surface area contributed by atoms with Crippen molar-refractivity contribution < 1.29 is 26.7 Å². The lowest BCUT2D eigenvalue weighted by Gasteiger charge is -2.23. The summed E-state index contributed by atoms with van der Waals surface area (Å²) in [7, 11) is 0. The van der Waals surface area contributed by atoms with Crippen LogP contribution in [0.2, 0.25) is 0 Å². The van der Waals surface area contributed by atoms with Crippen LogP contribution in [0.5, 0.6) is 0 Å². The molecular weight excluding hydrogens is 271 g/mol. The zero-order chi connectivity index (χ0) is 14.8. The van der Waals surface area contributed by atoms with Gasteiger partial charge in [-0.3, -0.25) is 4.79 Å². The molecule has 1 aromatic rings. The first-order chi connectivity index (χ1) is 8.65. The summed E-state index contributed by atoms with van der Waals surface area (Å²) in [4.78, 5) is 12.2. The van der Waals surface area contributed by atoms with Crippen molar-refractivity contribution in [3.63, 3.8) is 0 Å². The van der Waals surface area contributed by atoms with Crippen LogP contribution in [0.3, 0.4) is 0 Å². The number of nitrogens with zero attached hydrogens (tertiary/aromatic N) is 1. The summed E-state index contributed by atoms with van der Waals surface area (Å²) in [5.74, 6) is -3.72. The molecule has 1 rings (SSSR count). The molecule has 0 saturated heterocycles. The van der Waals surface area contributed by atoms with Gasteiger partial charge >= 0.3 is 6.18 Å². The van der Waals surface area contributed by atoms with E-state index in [4.69, 9.17) is 5.73 Å². The molecule has 8 heteroatoms. The number of amides is 1. The Bertz CT molecular complexity index is 487. The minimum atomic E-state index is -4.58. The third-order valence-corrected chi connectivity index (χ3v) is 2.36. The van der Waals surface area contributed by atoms with Gasteiger partial charge in [0.25, 0.3) is 5.91 Å². The van der Waals surface area contributed by atoms with Crippen LogP contribution in [0.4, 0.5) is 27.6 Å². The Morgan fingerprint density at radius 1 is 1.26 bits per heavy atom. The van der Waals surface area contributed by atoms with Crippen molar-refractivity contribution in [2.24, 2.45) is 0 Å². The van der Waals surface area contributed by atoms with Crippen molar-refractivity contribution in [3.05, 3.63) is 29.3 Å². The standard InChI is InChI=1S/C11H11F5N2O/c1-2-18(5-11(14,15)16)10(19)6-3-7(12)8(13)4-9(6)17/h3-4H,2,5,17H2,1H3. The maximum Gasteiger partial charge on any atom is 0.406 e. The van der Waals surface area contributed by atoms with Crippen LogP contribution in [0.1, 0.15) is 17.3 Å².